The van der Waals surface area contributed by atoms with E-state index in [0.717, 1.165) is 35.7 Å². The Labute approximate surface area is 142 Å². The van der Waals surface area contributed by atoms with Crippen molar-refractivity contribution in [3.05, 3.63) is 78.4 Å². The number of unbranched alkanes of at least 4 members (excludes halogenated alkanes) is 1. The standard InChI is InChI=1S/C21H21NO2/c23-21(24-16-7-6-11-17-9-2-1-3-10-17)22-20-15-8-13-18-12-4-5-14-19(18)20/h1-5,8-10,12-15H,6-7,11,16H2,(H,22,23). The lowest BCUT2D eigenvalue weighted by atomic mass is 10.1. The maximum Gasteiger partial charge on any atom is 0.411 e. The fraction of sp³-hybridized carbons (Fsp3) is 0.190. The average molecular weight is 319 g/mol. The van der Waals surface area contributed by atoms with Gasteiger partial charge >= 0.3 is 6.09 Å². The molecule has 0 heterocycles. The molecule has 1 amide bonds. The van der Waals surface area contributed by atoms with Crippen LogP contribution in [0.5, 0.6) is 0 Å². The highest BCUT2D eigenvalue weighted by Crippen LogP contribution is 2.23. The highest BCUT2D eigenvalue weighted by molar-refractivity contribution is 6.00. The highest BCUT2D eigenvalue weighted by atomic mass is 16.5. The minimum atomic E-state index is -0.397. The maximum atomic E-state index is 12.0. The molecule has 0 aliphatic heterocycles. The van der Waals surface area contributed by atoms with Crippen LogP contribution in [-0.4, -0.2) is 12.7 Å². The number of rotatable bonds is 6. The number of amides is 1. The third kappa shape index (κ3) is 4.35. The number of anilines is 1. The molecule has 0 fully saturated rings. The van der Waals surface area contributed by atoms with Crippen LogP contribution in [0, 0.1) is 0 Å². The molecule has 3 aromatic rings. The Morgan fingerprint density at radius 2 is 1.58 bits per heavy atom. The smallest absolute Gasteiger partial charge is 0.411 e. The van der Waals surface area contributed by atoms with E-state index in [1.54, 1.807) is 0 Å². The molecule has 1 N–H and O–H groups in total. The van der Waals surface area contributed by atoms with Crippen molar-refractivity contribution in [2.75, 3.05) is 11.9 Å². The van der Waals surface area contributed by atoms with Gasteiger partial charge in [-0.3, -0.25) is 5.32 Å². The van der Waals surface area contributed by atoms with Gasteiger partial charge in [-0.25, -0.2) is 4.79 Å². The molecule has 0 saturated carbocycles. The Morgan fingerprint density at radius 3 is 2.46 bits per heavy atom. The van der Waals surface area contributed by atoms with E-state index in [1.807, 2.05) is 60.7 Å². The monoisotopic (exact) mass is 319 g/mol. The molecule has 0 aliphatic carbocycles. The predicted molar refractivity (Wildman–Crippen MR) is 98.3 cm³/mol. The first-order valence-electron chi connectivity index (χ1n) is 8.28. The predicted octanol–water partition coefficient (Wildman–Crippen LogP) is 5.41. The summed E-state index contributed by atoms with van der Waals surface area (Å²) in [5.74, 6) is 0. The lowest BCUT2D eigenvalue weighted by Crippen LogP contribution is -2.14. The van der Waals surface area contributed by atoms with Gasteiger partial charge in [0.2, 0.25) is 0 Å². The maximum absolute atomic E-state index is 12.0. The van der Waals surface area contributed by atoms with E-state index in [2.05, 4.69) is 17.4 Å². The molecule has 3 nitrogen and oxygen atoms in total. The van der Waals surface area contributed by atoms with Crippen LogP contribution in [0.1, 0.15) is 18.4 Å². The van der Waals surface area contributed by atoms with E-state index in [0.29, 0.717) is 6.61 Å². The Kier molecular flexibility index (Phi) is 5.46. The first-order valence-corrected chi connectivity index (χ1v) is 8.28. The number of ether oxygens (including phenoxy) is 1. The first-order chi connectivity index (χ1) is 11.8. The van der Waals surface area contributed by atoms with Gasteiger partial charge in [0.15, 0.2) is 0 Å². The van der Waals surface area contributed by atoms with Gasteiger partial charge in [-0.1, -0.05) is 66.7 Å². The Bertz CT molecular complexity index is 794. The van der Waals surface area contributed by atoms with Crippen LogP contribution < -0.4 is 5.32 Å². The minimum Gasteiger partial charge on any atom is -0.449 e. The summed E-state index contributed by atoms with van der Waals surface area (Å²) in [5, 5.41) is 4.94. The van der Waals surface area contributed by atoms with Crippen LogP contribution in [0.3, 0.4) is 0 Å². The lowest BCUT2D eigenvalue weighted by Gasteiger charge is -2.09. The quantitative estimate of drug-likeness (QED) is 0.617. The molecule has 0 unspecified atom stereocenters. The molecule has 3 aromatic carbocycles. The second kappa shape index (κ2) is 8.16. The molecule has 0 atom stereocenters. The lowest BCUT2D eigenvalue weighted by molar-refractivity contribution is 0.159. The van der Waals surface area contributed by atoms with Gasteiger partial charge in [0, 0.05) is 5.39 Å². The van der Waals surface area contributed by atoms with E-state index < -0.39 is 6.09 Å². The number of carbonyl (C=O) groups excluding carboxylic acids is 1. The van der Waals surface area contributed by atoms with Crippen LogP contribution in [0.2, 0.25) is 0 Å². The topological polar surface area (TPSA) is 38.3 Å². The molecule has 122 valence electrons. The number of hydrogen-bond donors (Lipinski definition) is 1. The van der Waals surface area contributed by atoms with Crippen LogP contribution in [0.4, 0.5) is 10.5 Å². The summed E-state index contributed by atoms with van der Waals surface area (Å²) < 4.78 is 5.28. The van der Waals surface area contributed by atoms with E-state index >= 15 is 0 Å². The SMILES string of the molecule is O=C(Nc1cccc2ccccc12)OCCCCc1ccccc1. The fourth-order valence-electron chi connectivity index (χ4n) is 2.72. The van der Waals surface area contributed by atoms with Gasteiger partial charge in [-0.15, -0.1) is 0 Å². The zero-order chi connectivity index (χ0) is 16.6. The van der Waals surface area contributed by atoms with Gasteiger partial charge in [0.1, 0.15) is 0 Å². The van der Waals surface area contributed by atoms with Gasteiger partial charge < -0.3 is 4.74 Å². The molecule has 0 spiro atoms. The van der Waals surface area contributed by atoms with Gasteiger partial charge in [0.25, 0.3) is 0 Å². The Balaban J connectivity index is 1.44. The van der Waals surface area contributed by atoms with Crippen molar-refractivity contribution in [3.8, 4) is 0 Å². The number of nitrogens with one attached hydrogen (secondary N) is 1. The van der Waals surface area contributed by atoms with Crippen LogP contribution >= 0.6 is 0 Å². The molecule has 0 aliphatic rings. The van der Waals surface area contributed by atoms with E-state index in [1.165, 1.54) is 5.56 Å². The molecule has 3 heteroatoms. The highest BCUT2D eigenvalue weighted by Gasteiger charge is 2.06. The van der Waals surface area contributed by atoms with Crippen LogP contribution in [0.15, 0.2) is 72.8 Å². The number of carbonyl (C=O) groups is 1. The van der Waals surface area contributed by atoms with E-state index in [9.17, 15) is 4.79 Å². The number of aryl methyl sites for hydroxylation is 1. The van der Waals surface area contributed by atoms with Crippen molar-refractivity contribution < 1.29 is 9.53 Å². The summed E-state index contributed by atoms with van der Waals surface area (Å²) in [4.78, 5) is 12.0. The number of fused-ring (bicyclic) bond motifs is 1. The summed E-state index contributed by atoms with van der Waals surface area (Å²) in [7, 11) is 0. The van der Waals surface area contributed by atoms with Crippen LogP contribution in [0.25, 0.3) is 10.8 Å². The molecule has 0 aromatic heterocycles. The second-order valence-corrected chi connectivity index (χ2v) is 5.73. The van der Waals surface area contributed by atoms with Crippen molar-refractivity contribution in [2.45, 2.75) is 19.3 Å². The summed E-state index contributed by atoms with van der Waals surface area (Å²) in [5.41, 5.74) is 2.10. The third-order valence-corrected chi connectivity index (χ3v) is 3.96. The minimum absolute atomic E-state index is 0.397. The van der Waals surface area contributed by atoms with Crippen molar-refractivity contribution >= 4 is 22.6 Å². The van der Waals surface area contributed by atoms with Crippen LogP contribution in [-0.2, 0) is 11.2 Å². The molecule has 3 rings (SSSR count). The largest absolute Gasteiger partial charge is 0.449 e. The molecule has 0 saturated heterocycles. The summed E-state index contributed by atoms with van der Waals surface area (Å²) in [6.45, 7) is 0.434. The Hall–Kier alpha value is -2.81. The third-order valence-electron chi connectivity index (χ3n) is 3.96. The molecular formula is C21H21NO2. The second-order valence-electron chi connectivity index (χ2n) is 5.73. The number of benzene rings is 3. The first kappa shape index (κ1) is 16.1. The normalized spacial score (nSPS) is 10.5. The zero-order valence-corrected chi connectivity index (χ0v) is 13.6. The van der Waals surface area contributed by atoms with Gasteiger partial charge in [0.05, 0.1) is 12.3 Å². The van der Waals surface area contributed by atoms with E-state index in [-0.39, 0.29) is 0 Å². The molecule has 0 radical (unpaired) electrons. The summed E-state index contributed by atoms with van der Waals surface area (Å²) >= 11 is 0. The Morgan fingerprint density at radius 1 is 0.833 bits per heavy atom. The summed E-state index contributed by atoms with van der Waals surface area (Å²) in [6.07, 6.45) is 2.48. The van der Waals surface area contributed by atoms with Crippen molar-refractivity contribution in [1.82, 2.24) is 0 Å². The average Bonchev–Trinajstić information content (AvgIpc) is 2.63. The van der Waals surface area contributed by atoms with Crippen molar-refractivity contribution in [3.63, 3.8) is 0 Å². The molecular weight excluding hydrogens is 298 g/mol. The van der Waals surface area contributed by atoms with Crippen molar-refractivity contribution in [2.24, 2.45) is 0 Å². The molecule has 24 heavy (non-hydrogen) atoms. The summed E-state index contributed by atoms with van der Waals surface area (Å²) in [6, 6.07) is 24.1. The molecule has 0 bridgehead atoms. The number of hydrogen-bond acceptors (Lipinski definition) is 2. The fourth-order valence-corrected chi connectivity index (χ4v) is 2.72. The van der Waals surface area contributed by atoms with Gasteiger partial charge in [-0.05, 0) is 36.3 Å². The van der Waals surface area contributed by atoms with Crippen molar-refractivity contribution in [1.29, 1.82) is 0 Å². The zero-order valence-electron chi connectivity index (χ0n) is 13.6. The van der Waals surface area contributed by atoms with E-state index in [4.69, 9.17) is 4.74 Å². The van der Waals surface area contributed by atoms with Gasteiger partial charge in [-0.2, -0.15) is 0 Å².